The molecule has 0 radical (unpaired) electrons. The summed E-state index contributed by atoms with van der Waals surface area (Å²) in [7, 11) is 0. The van der Waals surface area contributed by atoms with Gasteiger partial charge in [0.1, 0.15) is 0 Å². The van der Waals surface area contributed by atoms with E-state index in [0.29, 0.717) is 24.3 Å². The molecule has 138 valence electrons. The highest BCUT2D eigenvalue weighted by Gasteiger charge is 2.37. The molecule has 4 rings (SSSR count). The van der Waals surface area contributed by atoms with E-state index in [2.05, 4.69) is 20.5 Å². The second-order valence-electron chi connectivity index (χ2n) is 7.62. The maximum absolute atomic E-state index is 13.0. The van der Waals surface area contributed by atoms with Gasteiger partial charge in [-0.15, -0.1) is 0 Å². The standard InChI is InChI=1S/C20H26N4O2/c25-15-10-14(11-15)19(17-8-4-5-9-21-17)23-20(26)16-12-22-24-18(16)13-6-2-1-3-7-13/h4-5,8-9,12-15,19,25H,1-3,6-7,10-11H2,(H,22,24)(H,23,26)/t14?,15?,19-/m0/s1. The molecule has 1 amide bonds. The van der Waals surface area contributed by atoms with Crippen LogP contribution in [0.3, 0.4) is 0 Å². The van der Waals surface area contributed by atoms with E-state index in [4.69, 9.17) is 0 Å². The highest BCUT2D eigenvalue weighted by molar-refractivity contribution is 5.95. The van der Waals surface area contributed by atoms with Crippen molar-refractivity contribution in [2.45, 2.75) is 63.0 Å². The summed E-state index contributed by atoms with van der Waals surface area (Å²) in [4.78, 5) is 17.5. The van der Waals surface area contributed by atoms with Crippen molar-refractivity contribution in [1.82, 2.24) is 20.5 Å². The Kier molecular flexibility index (Phi) is 5.02. The van der Waals surface area contributed by atoms with Gasteiger partial charge in [-0.05, 0) is 43.7 Å². The molecule has 6 heteroatoms. The molecule has 0 bridgehead atoms. The van der Waals surface area contributed by atoms with E-state index < -0.39 is 0 Å². The van der Waals surface area contributed by atoms with E-state index in [9.17, 15) is 9.90 Å². The SMILES string of the molecule is O=C(N[C@H](c1ccccn1)C1CC(O)C1)c1cn[nH]c1C1CCCCC1. The van der Waals surface area contributed by atoms with Gasteiger partial charge in [-0.3, -0.25) is 14.9 Å². The van der Waals surface area contributed by atoms with E-state index in [1.807, 2.05) is 18.2 Å². The number of carbonyl (C=O) groups is 1. The van der Waals surface area contributed by atoms with Crippen molar-refractivity contribution in [2.24, 2.45) is 5.92 Å². The topological polar surface area (TPSA) is 90.9 Å². The molecule has 26 heavy (non-hydrogen) atoms. The van der Waals surface area contributed by atoms with Crippen LogP contribution in [-0.2, 0) is 0 Å². The van der Waals surface area contributed by atoms with Gasteiger partial charge in [0.2, 0.25) is 0 Å². The lowest BCUT2D eigenvalue weighted by molar-refractivity contribution is 0.0228. The van der Waals surface area contributed by atoms with Gasteiger partial charge in [-0.2, -0.15) is 5.10 Å². The Balaban J connectivity index is 1.53. The first kappa shape index (κ1) is 17.2. The van der Waals surface area contributed by atoms with Gasteiger partial charge in [0.05, 0.1) is 35.3 Å². The molecule has 0 spiro atoms. The Hall–Kier alpha value is -2.21. The minimum absolute atomic E-state index is 0.101. The maximum Gasteiger partial charge on any atom is 0.255 e. The predicted octanol–water partition coefficient (Wildman–Crippen LogP) is 3.09. The van der Waals surface area contributed by atoms with Crippen LogP contribution in [0.1, 0.15) is 78.7 Å². The summed E-state index contributed by atoms with van der Waals surface area (Å²) in [5.41, 5.74) is 2.47. The molecule has 2 fully saturated rings. The van der Waals surface area contributed by atoms with E-state index >= 15 is 0 Å². The molecule has 0 saturated heterocycles. The van der Waals surface area contributed by atoms with Gasteiger partial charge in [-0.25, -0.2) is 0 Å². The number of pyridine rings is 1. The smallest absolute Gasteiger partial charge is 0.255 e. The second kappa shape index (κ2) is 7.58. The highest BCUT2D eigenvalue weighted by Crippen LogP contribution is 2.38. The van der Waals surface area contributed by atoms with Gasteiger partial charge < -0.3 is 10.4 Å². The number of hydrogen-bond acceptors (Lipinski definition) is 4. The first-order valence-corrected chi connectivity index (χ1v) is 9.65. The number of nitrogens with zero attached hydrogens (tertiary/aromatic N) is 2. The third-order valence-electron chi connectivity index (χ3n) is 5.84. The molecule has 2 aliphatic carbocycles. The van der Waals surface area contributed by atoms with E-state index in [1.165, 1.54) is 19.3 Å². The Morgan fingerprint density at radius 2 is 2.04 bits per heavy atom. The molecule has 0 aromatic carbocycles. The van der Waals surface area contributed by atoms with E-state index in [1.54, 1.807) is 12.4 Å². The van der Waals surface area contributed by atoms with Gasteiger partial charge in [-0.1, -0.05) is 25.3 Å². The number of carbonyl (C=O) groups excluding carboxylic acids is 1. The van der Waals surface area contributed by atoms with Crippen LogP contribution in [0.5, 0.6) is 0 Å². The summed E-state index contributed by atoms with van der Waals surface area (Å²) in [5.74, 6) is 0.510. The Labute approximate surface area is 153 Å². The zero-order valence-electron chi connectivity index (χ0n) is 14.9. The Morgan fingerprint density at radius 3 is 2.73 bits per heavy atom. The van der Waals surface area contributed by atoms with Crippen LogP contribution in [0, 0.1) is 5.92 Å². The number of aromatic nitrogens is 3. The minimum Gasteiger partial charge on any atom is -0.393 e. The van der Waals surface area contributed by atoms with Gasteiger partial charge in [0.15, 0.2) is 0 Å². The first-order chi connectivity index (χ1) is 12.7. The molecule has 2 saturated carbocycles. The molecule has 0 unspecified atom stereocenters. The van der Waals surface area contributed by atoms with E-state index in [0.717, 1.165) is 24.2 Å². The lowest BCUT2D eigenvalue weighted by Gasteiger charge is -2.37. The van der Waals surface area contributed by atoms with Crippen LogP contribution in [0.4, 0.5) is 0 Å². The van der Waals surface area contributed by atoms with Gasteiger partial charge in [0, 0.05) is 12.1 Å². The lowest BCUT2D eigenvalue weighted by Crippen LogP contribution is -2.42. The summed E-state index contributed by atoms with van der Waals surface area (Å²) >= 11 is 0. The fraction of sp³-hybridized carbons (Fsp3) is 0.550. The Bertz CT molecular complexity index is 733. The van der Waals surface area contributed by atoms with Crippen molar-refractivity contribution < 1.29 is 9.90 Å². The van der Waals surface area contributed by atoms with Gasteiger partial charge >= 0.3 is 0 Å². The maximum atomic E-state index is 13.0. The lowest BCUT2D eigenvalue weighted by atomic mass is 9.76. The average Bonchev–Trinajstić information content (AvgIpc) is 3.15. The summed E-state index contributed by atoms with van der Waals surface area (Å²) in [6.07, 6.45) is 10.4. The molecular weight excluding hydrogens is 328 g/mol. The van der Waals surface area contributed by atoms with Crippen LogP contribution in [-0.4, -0.2) is 32.3 Å². The summed E-state index contributed by atoms with van der Waals surface area (Å²) in [6.45, 7) is 0. The number of amides is 1. The van der Waals surface area contributed by atoms with E-state index in [-0.39, 0.29) is 24.0 Å². The molecule has 2 aromatic heterocycles. The third kappa shape index (κ3) is 3.51. The van der Waals surface area contributed by atoms with Crippen molar-refractivity contribution in [1.29, 1.82) is 0 Å². The largest absolute Gasteiger partial charge is 0.393 e. The average molecular weight is 354 g/mol. The van der Waals surface area contributed by atoms with Crippen LogP contribution in [0.15, 0.2) is 30.6 Å². The summed E-state index contributed by atoms with van der Waals surface area (Å²) in [6, 6.07) is 5.56. The summed E-state index contributed by atoms with van der Waals surface area (Å²) in [5, 5.41) is 20.1. The fourth-order valence-electron chi connectivity index (χ4n) is 4.29. The third-order valence-corrected chi connectivity index (χ3v) is 5.84. The van der Waals surface area contributed by atoms with Crippen LogP contribution in [0.25, 0.3) is 0 Å². The molecule has 2 aromatic rings. The molecule has 6 nitrogen and oxygen atoms in total. The Morgan fingerprint density at radius 1 is 1.23 bits per heavy atom. The number of aliphatic hydroxyl groups is 1. The van der Waals surface area contributed by atoms with Crippen molar-refractivity contribution in [3.63, 3.8) is 0 Å². The first-order valence-electron chi connectivity index (χ1n) is 9.65. The number of rotatable bonds is 5. The van der Waals surface area contributed by atoms with Crippen LogP contribution < -0.4 is 5.32 Å². The number of H-pyrrole nitrogens is 1. The van der Waals surface area contributed by atoms with Gasteiger partial charge in [0.25, 0.3) is 5.91 Å². The van der Waals surface area contributed by atoms with Crippen molar-refractivity contribution in [2.75, 3.05) is 0 Å². The van der Waals surface area contributed by atoms with Crippen LogP contribution >= 0.6 is 0 Å². The molecule has 2 heterocycles. The second-order valence-corrected chi connectivity index (χ2v) is 7.62. The number of aromatic amines is 1. The number of hydrogen-bond donors (Lipinski definition) is 3. The zero-order chi connectivity index (χ0) is 17.9. The molecule has 2 aliphatic rings. The minimum atomic E-state index is -0.269. The monoisotopic (exact) mass is 354 g/mol. The molecular formula is C20H26N4O2. The molecule has 0 aliphatic heterocycles. The number of nitrogens with one attached hydrogen (secondary N) is 2. The number of aliphatic hydroxyl groups excluding tert-OH is 1. The summed E-state index contributed by atoms with van der Waals surface area (Å²) < 4.78 is 0. The highest BCUT2D eigenvalue weighted by atomic mass is 16.3. The predicted molar refractivity (Wildman–Crippen MR) is 97.6 cm³/mol. The molecule has 1 atom stereocenters. The fourth-order valence-corrected chi connectivity index (χ4v) is 4.29. The normalized spacial score (nSPS) is 24.7. The van der Waals surface area contributed by atoms with Crippen molar-refractivity contribution >= 4 is 5.91 Å². The molecule has 3 N–H and O–H groups in total. The van der Waals surface area contributed by atoms with Crippen molar-refractivity contribution in [3.8, 4) is 0 Å². The van der Waals surface area contributed by atoms with Crippen molar-refractivity contribution in [3.05, 3.63) is 47.5 Å². The van der Waals surface area contributed by atoms with Crippen LogP contribution in [0.2, 0.25) is 0 Å². The zero-order valence-corrected chi connectivity index (χ0v) is 14.9. The quantitative estimate of drug-likeness (QED) is 0.769.